The molecule has 2 aliphatic rings. The summed E-state index contributed by atoms with van der Waals surface area (Å²) < 4.78 is 5.36. The number of nitrogens with two attached hydrogens (primary N) is 1. The maximum atomic E-state index is 5.65. The molecule has 2 N–H and O–H groups in total. The monoisotopic (exact) mass is 235 g/mol. The SMILES string of the molecule is NCc1occc1CN1CCN(C2CC2)CC1. The van der Waals surface area contributed by atoms with E-state index in [-0.39, 0.29) is 0 Å². The molecule has 0 amide bonds. The molecule has 1 saturated heterocycles. The van der Waals surface area contributed by atoms with E-state index in [1.165, 1.54) is 44.6 Å². The Morgan fingerprint density at radius 1 is 1.24 bits per heavy atom. The zero-order chi connectivity index (χ0) is 11.7. The summed E-state index contributed by atoms with van der Waals surface area (Å²) in [5.41, 5.74) is 6.91. The Hall–Kier alpha value is -0.840. The van der Waals surface area contributed by atoms with Gasteiger partial charge in [-0.1, -0.05) is 0 Å². The van der Waals surface area contributed by atoms with E-state index < -0.39 is 0 Å². The summed E-state index contributed by atoms with van der Waals surface area (Å²) >= 11 is 0. The Morgan fingerprint density at radius 2 is 2.00 bits per heavy atom. The molecule has 0 bridgehead atoms. The molecule has 0 radical (unpaired) electrons. The molecule has 94 valence electrons. The maximum Gasteiger partial charge on any atom is 0.121 e. The van der Waals surface area contributed by atoms with Crippen LogP contribution >= 0.6 is 0 Å². The van der Waals surface area contributed by atoms with Gasteiger partial charge in [-0.2, -0.15) is 0 Å². The molecule has 1 aliphatic heterocycles. The number of rotatable bonds is 4. The third kappa shape index (κ3) is 2.54. The average Bonchev–Trinajstić information content (AvgIpc) is 3.11. The fraction of sp³-hybridized carbons (Fsp3) is 0.692. The summed E-state index contributed by atoms with van der Waals surface area (Å²) in [4.78, 5) is 5.14. The van der Waals surface area contributed by atoms with Crippen LogP contribution in [0.2, 0.25) is 0 Å². The number of piperazine rings is 1. The minimum absolute atomic E-state index is 0.504. The van der Waals surface area contributed by atoms with E-state index in [4.69, 9.17) is 10.2 Å². The van der Waals surface area contributed by atoms with Gasteiger partial charge in [-0.3, -0.25) is 9.80 Å². The quantitative estimate of drug-likeness (QED) is 0.846. The predicted octanol–water partition coefficient (Wildman–Crippen LogP) is 1.02. The summed E-state index contributed by atoms with van der Waals surface area (Å²) in [6, 6.07) is 2.96. The molecular formula is C13H21N3O. The van der Waals surface area contributed by atoms with Crippen molar-refractivity contribution >= 4 is 0 Å². The van der Waals surface area contributed by atoms with Gasteiger partial charge in [-0.05, 0) is 18.9 Å². The fourth-order valence-corrected chi connectivity index (χ4v) is 2.65. The third-order valence-electron chi connectivity index (χ3n) is 3.89. The standard InChI is InChI=1S/C13H21N3O/c14-9-13-11(3-8-17-13)10-15-4-6-16(7-5-15)12-1-2-12/h3,8,12H,1-2,4-7,9-10,14H2. The third-order valence-corrected chi connectivity index (χ3v) is 3.89. The largest absolute Gasteiger partial charge is 0.468 e. The van der Waals surface area contributed by atoms with Crippen molar-refractivity contribution in [3.8, 4) is 0 Å². The number of hydrogen-bond donors (Lipinski definition) is 1. The first-order chi connectivity index (χ1) is 8.36. The van der Waals surface area contributed by atoms with Crippen LogP contribution in [-0.2, 0) is 13.1 Å². The lowest BCUT2D eigenvalue weighted by molar-refractivity contribution is 0.121. The molecular weight excluding hydrogens is 214 g/mol. The lowest BCUT2D eigenvalue weighted by Gasteiger charge is -2.34. The van der Waals surface area contributed by atoms with Gasteiger partial charge in [-0.15, -0.1) is 0 Å². The van der Waals surface area contributed by atoms with Crippen LogP contribution in [-0.4, -0.2) is 42.0 Å². The molecule has 1 saturated carbocycles. The fourth-order valence-electron chi connectivity index (χ4n) is 2.65. The Balaban J connectivity index is 1.53. The van der Waals surface area contributed by atoms with Crippen LogP contribution in [0.15, 0.2) is 16.7 Å². The number of nitrogens with zero attached hydrogens (tertiary/aromatic N) is 2. The second kappa shape index (κ2) is 4.80. The summed E-state index contributed by atoms with van der Waals surface area (Å²) in [5.74, 6) is 0.939. The second-order valence-electron chi connectivity index (χ2n) is 5.12. The molecule has 0 unspecified atom stereocenters. The van der Waals surface area contributed by atoms with Crippen molar-refractivity contribution in [2.75, 3.05) is 26.2 Å². The van der Waals surface area contributed by atoms with Crippen molar-refractivity contribution < 1.29 is 4.42 Å². The van der Waals surface area contributed by atoms with Crippen molar-refractivity contribution in [1.29, 1.82) is 0 Å². The number of hydrogen-bond acceptors (Lipinski definition) is 4. The molecule has 1 aromatic heterocycles. The maximum absolute atomic E-state index is 5.65. The highest BCUT2D eigenvalue weighted by molar-refractivity contribution is 5.16. The molecule has 1 aliphatic carbocycles. The lowest BCUT2D eigenvalue weighted by Crippen LogP contribution is -2.46. The van der Waals surface area contributed by atoms with Crippen molar-refractivity contribution in [3.05, 3.63) is 23.7 Å². The van der Waals surface area contributed by atoms with Gasteiger partial charge in [-0.25, -0.2) is 0 Å². The molecule has 4 nitrogen and oxygen atoms in total. The minimum Gasteiger partial charge on any atom is -0.468 e. The topological polar surface area (TPSA) is 45.6 Å². The number of furan rings is 1. The normalized spacial score (nSPS) is 23.1. The molecule has 2 fully saturated rings. The highest BCUT2D eigenvalue weighted by Gasteiger charge is 2.31. The molecule has 2 heterocycles. The van der Waals surface area contributed by atoms with Crippen LogP contribution in [0.3, 0.4) is 0 Å². The first-order valence-electron chi connectivity index (χ1n) is 6.58. The Labute approximate surface area is 102 Å². The van der Waals surface area contributed by atoms with Crippen LogP contribution in [0, 0.1) is 0 Å². The summed E-state index contributed by atoms with van der Waals surface area (Å²) in [6.45, 7) is 6.28. The van der Waals surface area contributed by atoms with Crippen molar-refractivity contribution in [2.24, 2.45) is 5.73 Å². The Morgan fingerprint density at radius 3 is 2.65 bits per heavy atom. The van der Waals surface area contributed by atoms with Gasteiger partial charge < -0.3 is 10.2 Å². The van der Waals surface area contributed by atoms with Crippen LogP contribution in [0.4, 0.5) is 0 Å². The smallest absolute Gasteiger partial charge is 0.121 e. The molecule has 0 aromatic carbocycles. The first-order valence-corrected chi connectivity index (χ1v) is 6.58. The van der Waals surface area contributed by atoms with E-state index in [1.54, 1.807) is 6.26 Å². The summed E-state index contributed by atoms with van der Waals surface area (Å²) in [6.07, 6.45) is 4.58. The van der Waals surface area contributed by atoms with Crippen LogP contribution in [0.5, 0.6) is 0 Å². The van der Waals surface area contributed by atoms with Crippen LogP contribution < -0.4 is 5.73 Å². The van der Waals surface area contributed by atoms with E-state index in [0.29, 0.717) is 6.54 Å². The molecule has 3 rings (SSSR count). The zero-order valence-corrected chi connectivity index (χ0v) is 10.3. The molecule has 1 aromatic rings. The highest BCUT2D eigenvalue weighted by atomic mass is 16.3. The van der Waals surface area contributed by atoms with Gasteiger partial charge in [0.25, 0.3) is 0 Å². The van der Waals surface area contributed by atoms with Crippen LogP contribution in [0.25, 0.3) is 0 Å². The van der Waals surface area contributed by atoms with Gasteiger partial charge in [0.05, 0.1) is 12.8 Å². The van der Waals surface area contributed by atoms with Crippen molar-refractivity contribution in [1.82, 2.24) is 9.80 Å². The minimum atomic E-state index is 0.504. The second-order valence-corrected chi connectivity index (χ2v) is 5.12. The predicted molar refractivity (Wildman–Crippen MR) is 66.5 cm³/mol. The summed E-state index contributed by atoms with van der Waals surface area (Å²) in [5, 5.41) is 0. The van der Waals surface area contributed by atoms with Gasteiger partial charge in [0.2, 0.25) is 0 Å². The van der Waals surface area contributed by atoms with Crippen molar-refractivity contribution in [3.63, 3.8) is 0 Å². The molecule has 4 heteroatoms. The van der Waals surface area contributed by atoms with Gasteiger partial charge in [0.1, 0.15) is 5.76 Å². The Bertz CT molecular complexity index is 364. The van der Waals surface area contributed by atoms with E-state index in [2.05, 4.69) is 15.9 Å². The van der Waals surface area contributed by atoms with Gasteiger partial charge in [0, 0.05) is 44.3 Å². The average molecular weight is 235 g/mol. The first kappa shape index (κ1) is 11.3. The molecule has 0 atom stereocenters. The van der Waals surface area contributed by atoms with Gasteiger partial charge >= 0.3 is 0 Å². The zero-order valence-electron chi connectivity index (χ0n) is 10.3. The van der Waals surface area contributed by atoms with Crippen molar-refractivity contribution in [2.45, 2.75) is 32.0 Å². The Kier molecular flexibility index (Phi) is 3.18. The van der Waals surface area contributed by atoms with E-state index in [1.807, 2.05) is 0 Å². The van der Waals surface area contributed by atoms with E-state index in [0.717, 1.165) is 18.3 Å². The lowest BCUT2D eigenvalue weighted by atomic mass is 10.2. The molecule has 17 heavy (non-hydrogen) atoms. The molecule has 0 spiro atoms. The van der Waals surface area contributed by atoms with E-state index >= 15 is 0 Å². The van der Waals surface area contributed by atoms with Gasteiger partial charge in [0.15, 0.2) is 0 Å². The highest BCUT2D eigenvalue weighted by Crippen LogP contribution is 2.27. The van der Waals surface area contributed by atoms with Crippen LogP contribution in [0.1, 0.15) is 24.2 Å². The van der Waals surface area contributed by atoms with E-state index in [9.17, 15) is 0 Å². The summed E-state index contributed by atoms with van der Waals surface area (Å²) in [7, 11) is 0.